The number of hydrogen-bond acceptors (Lipinski definition) is 5. The Hall–Kier alpha value is -2.45. The highest BCUT2D eigenvalue weighted by molar-refractivity contribution is 9.10. The van der Waals surface area contributed by atoms with Crippen LogP contribution in [0, 0.1) is 10.1 Å². The number of ether oxygens (including phenoxy) is 1. The highest BCUT2D eigenvalue weighted by atomic mass is 79.9. The van der Waals surface area contributed by atoms with Crippen LogP contribution < -0.4 is 10.2 Å². The van der Waals surface area contributed by atoms with E-state index < -0.39 is 10.8 Å². The van der Waals surface area contributed by atoms with Gasteiger partial charge in [0.15, 0.2) is 5.75 Å². The van der Waals surface area contributed by atoms with E-state index >= 15 is 0 Å². The van der Waals surface area contributed by atoms with Crippen molar-refractivity contribution in [2.24, 2.45) is 5.10 Å². The molecule has 9 heteroatoms. The van der Waals surface area contributed by atoms with Crippen molar-refractivity contribution in [2.45, 2.75) is 6.42 Å². The Morgan fingerprint density at radius 2 is 2.16 bits per heavy atom. The molecule has 0 fully saturated rings. The molecule has 0 spiro atoms. The Labute approximate surface area is 156 Å². The molecule has 130 valence electrons. The number of carbonyl (C=O) groups is 1. The topological polar surface area (TPSA) is 93.8 Å². The van der Waals surface area contributed by atoms with Crippen LogP contribution in [0.5, 0.6) is 5.75 Å². The summed E-state index contributed by atoms with van der Waals surface area (Å²) in [4.78, 5) is 22.3. The lowest BCUT2D eigenvalue weighted by Gasteiger charge is -2.06. The molecule has 2 aromatic carbocycles. The predicted molar refractivity (Wildman–Crippen MR) is 98.2 cm³/mol. The van der Waals surface area contributed by atoms with Crippen LogP contribution in [0.1, 0.15) is 11.1 Å². The summed E-state index contributed by atoms with van der Waals surface area (Å²) in [6, 6.07) is 9.41. The first-order chi connectivity index (χ1) is 11.9. The van der Waals surface area contributed by atoms with Gasteiger partial charge in [-0.3, -0.25) is 14.9 Å². The second-order valence-electron chi connectivity index (χ2n) is 4.87. The molecule has 0 aliphatic heterocycles. The maximum absolute atomic E-state index is 11.9. The molecule has 2 aromatic rings. The average Bonchev–Trinajstić information content (AvgIpc) is 2.55. The van der Waals surface area contributed by atoms with Crippen LogP contribution in [0.2, 0.25) is 5.02 Å². The number of halogens is 2. The molecule has 0 aromatic heterocycles. The number of amides is 1. The van der Waals surface area contributed by atoms with E-state index in [1.165, 1.54) is 25.5 Å². The number of para-hydroxylation sites is 1. The van der Waals surface area contributed by atoms with E-state index in [9.17, 15) is 14.9 Å². The molecule has 0 radical (unpaired) electrons. The van der Waals surface area contributed by atoms with E-state index in [0.717, 1.165) is 0 Å². The van der Waals surface area contributed by atoms with Crippen LogP contribution in [0.15, 0.2) is 46.0 Å². The summed E-state index contributed by atoms with van der Waals surface area (Å²) in [5, 5.41) is 15.2. The molecule has 1 amide bonds. The molecule has 0 bridgehead atoms. The lowest BCUT2D eigenvalue weighted by atomic mass is 10.1. The molecule has 0 aliphatic rings. The fraction of sp³-hybridized carbons (Fsp3) is 0.125. The van der Waals surface area contributed by atoms with Gasteiger partial charge in [0.05, 0.1) is 34.2 Å². The fourth-order valence-corrected chi connectivity index (χ4v) is 3.14. The molecular weight excluding hydrogens is 414 g/mol. The van der Waals surface area contributed by atoms with Gasteiger partial charge in [0, 0.05) is 11.6 Å². The molecule has 0 atom stereocenters. The number of nitro groups is 1. The van der Waals surface area contributed by atoms with E-state index in [1.807, 2.05) is 0 Å². The molecular formula is C16H13BrClN3O4. The van der Waals surface area contributed by atoms with Gasteiger partial charge >= 0.3 is 0 Å². The Balaban J connectivity index is 2.03. The van der Waals surface area contributed by atoms with Crippen molar-refractivity contribution in [3.8, 4) is 5.75 Å². The number of methoxy groups -OCH3 is 1. The van der Waals surface area contributed by atoms with Crippen LogP contribution in [-0.2, 0) is 11.2 Å². The van der Waals surface area contributed by atoms with Crippen molar-refractivity contribution in [1.29, 1.82) is 0 Å². The first kappa shape index (κ1) is 18.9. The van der Waals surface area contributed by atoms with E-state index in [-0.39, 0.29) is 12.1 Å². The lowest BCUT2D eigenvalue weighted by Crippen LogP contribution is -2.20. The van der Waals surface area contributed by atoms with Gasteiger partial charge in [-0.1, -0.05) is 29.8 Å². The average molecular weight is 427 g/mol. The van der Waals surface area contributed by atoms with Gasteiger partial charge in [0.25, 0.3) is 5.69 Å². The number of nitrogens with one attached hydrogen (secondary N) is 1. The van der Waals surface area contributed by atoms with Crippen molar-refractivity contribution in [2.75, 3.05) is 7.11 Å². The van der Waals surface area contributed by atoms with Crippen LogP contribution in [0.4, 0.5) is 5.69 Å². The van der Waals surface area contributed by atoms with Crippen molar-refractivity contribution in [1.82, 2.24) is 5.43 Å². The van der Waals surface area contributed by atoms with E-state index in [4.69, 9.17) is 16.3 Å². The molecule has 0 saturated carbocycles. The van der Waals surface area contributed by atoms with Crippen molar-refractivity contribution < 1.29 is 14.5 Å². The zero-order chi connectivity index (χ0) is 18.4. The maximum atomic E-state index is 11.9. The number of hydrazone groups is 1. The number of hydrogen-bond donors (Lipinski definition) is 1. The normalized spacial score (nSPS) is 10.7. The molecule has 0 saturated heterocycles. The SMILES string of the molecule is COc1c(Cl)cc(C=NNC(=O)Cc2ccccc2[N+](=O)[O-])cc1Br. The Morgan fingerprint density at radius 3 is 2.80 bits per heavy atom. The summed E-state index contributed by atoms with van der Waals surface area (Å²) >= 11 is 9.39. The Kier molecular flexibility index (Phi) is 6.49. The highest BCUT2D eigenvalue weighted by Crippen LogP contribution is 2.33. The molecule has 0 heterocycles. The molecule has 0 unspecified atom stereocenters. The smallest absolute Gasteiger partial charge is 0.273 e. The summed E-state index contributed by atoms with van der Waals surface area (Å²) in [7, 11) is 1.50. The van der Waals surface area contributed by atoms with Gasteiger partial charge in [0.2, 0.25) is 5.91 Å². The van der Waals surface area contributed by atoms with Crippen molar-refractivity contribution >= 4 is 45.3 Å². The maximum Gasteiger partial charge on any atom is 0.273 e. The molecule has 7 nitrogen and oxygen atoms in total. The third-order valence-corrected chi connectivity index (χ3v) is 4.04. The zero-order valence-corrected chi connectivity index (χ0v) is 15.4. The third kappa shape index (κ3) is 5.01. The number of rotatable bonds is 6. The van der Waals surface area contributed by atoms with E-state index in [0.29, 0.717) is 26.4 Å². The number of carbonyl (C=O) groups excluding carboxylic acids is 1. The second kappa shape index (κ2) is 8.59. The monoisotopic (exact) mass is 425 g/mol. The number of nitrogens with zero attached hydrogens (tertiary/aromatic N) is 2. The van der Waals surface area contributed by atoms with Crippen LogP contribution in [-0.4, -0.2) is 24.2 Å². The van der Waals surface area contributed by atoms with Gasteiger partial charge < -0.3 is 4.74 Å². The minimum absolute atomic E-state index is 0.104. The lowest BCUT2D eigenvalue weighted by molar-refractivity contribution is -0.385. The van der Waals surface area contributed by atoms with Gasteiger partial charge in [-0.05, 0) is 33.6 Å². The largest absolute Gasteiger partial charge is 0.494 e. The van der Waals surface area contributed by atoms with Gasteiger partial charge in [-0.15, -0.1) is 0 Å². The van der Waals surface area contributed by atoms with Gasteiger partial charge in [0.1, 0.15) is 0 Å². The summed E-state index contributed by atoms with van der Waals surface area (Å²) in [5.74, 6) is 0.0310. The zero-order valence-electron chi connectivity index (χ0n) is 13.0. The summed E-state index contributed by atoms with van der Waals surface area (Å²) in [6.45, 7) is 0. The van der Waals surface area contributed by atoms with E-state index in [2.05, 4.69) is 26.5 Å². The molecule has 25 heavy (non-hydrogen) atoms. The molecule has 1 N–H and O–H groups in total. The van der Waals surface area contributed by atoms with E-state index in [1.54, 1.807) is 24.3 Å². The summed E-state index contributed by atoms with van der Waals surface area (Å²) < 4.78 is 5.77. The summed E-state index contributed by atoms with van der Waals surface area (Å²) in [6.07, 6.45) is 1.26. The quantitative estimate of drug-likeness (QED) is 0.433. The Bertz CT molecular complexity index is 819. The minimum Gasteiger partial charge on any atom is -0.494 e. The first-order valence-corrected chi connectivity index (χ1v) is 8.16. The van der Waals surface area contributed by atoms with Gasteiger partial charge in [-0.25, -0.2) is 5.43 Å². The predicted octanol–water partition coefficient (Wildman–Crippen LogP) is 3.71. The van der Waals surface area contributed by atoms with Crippen LogP contribution >= 0.6 is 27.5 Å². The molecule has 2 rings (SSSR count). The number of benzene rings is 2. The Morgan fingerprint density at radius 1 is 1.44 bits per heavy atom. The second-order valence-corrected chi connectivity index (χ2v) is 6.14. The van der Waals surface area contributed by atoms with Crippen molar-refractivity contribution in [3.05, 3.63) is 67.1 Å². The summed E-state index contributed by atoms with van der Waals surface area (Å²) in [5.41, 5.74) is 3.18. The molecule has 0 aliphatic carbocycles. The third-order valence-electron chi connectivity index (χ3n) is 3.17. The van der Waals surface area contributed by atoms with Gasteiger partial charge in [-0.2, -0.15) is 5.10 Å². The van der Waals surface area contributed by atoms with Crippen LogP contribution in [0.3, 0.4) is 0 Å². The van der Waals surface area contributed by atoms with Crippen LogP contribution in [0.25, 0.3) is 0 Å². The fourth-order valence-electron chi connectivity index (χ4n) is 2.08. The standard InChI is InChI=1S/C16H13BrClN3O4/c1-25-16-12(17)6-10(7-13(16)18)9-19-20-15(22)8-11-4-2-3-5-14(11)21(23)24/h2-7,9H,8H2,1H3,(H,20,22). The highest BCUT2D eigenvalue weighted by Gasteiger charge is 2.15. The first-order valence-electron chi connectivity index (χ1n) is 6.99. The minimum atomic E-state index is -0.525. The number of nitro benzene ring substituents is 1. The van der Waals surface area contributed by atoms with Crippen molar-refractivity contribution in [3.63, 3.8) is 0 Å².